The van der Waals surface area contributed by atoms with Crippen LogP contribution < -0.4 is 0 Å². The summed E-state index contributed by atoms with van der Waals surface area (Å²) in [6.07, 6.45) is 0.573. The van der Waals surface area contributed by atoms with Gasteiger partial charge in [0.2, 0.25) is 0 Å². The molecule has 0 N–H and O–H groups in total. The van der Waals surface area contributed by atoms with Gasteiger partial charge in [-0.15, -0.1) is 11.8 Å². The van der Waals surface area contributed by atoms with E-state index in [0.29, 0.717) is 6.42 Å². The van der Waals surface area contributed by atoms with E-state index in [1.165, 1.54) is 10.5 Å². The number of hydrogen-bond donors (Lipinski definition) is 0. The average Bonchev–Trinajstić information content (AvgIpc) is 2.40. The van der Waals surface area contributed by atoms with Crippen molar-refractivity contribution in [2.75, 3.05) is 0 Å². The molecule has 0 heterocycles. The Labute approximate surface area is 112 Å². The molecule has 2 aromatic carbocycles. The molecule has 0 saturated carbocycles. The van der Waals surface area contributed by atoms with Gasteiger partial charge in [0.15, 0.2) is 0 Å². The van der Waals surface area contributed by atoms with Crippen LogP contribution in [0.25, 0.3) is 0 Å². The van der Waals surface area contributed by atoms with Crippen LogP contribution in [0.2, 0.25) is 0 Å². The number of rotatable bonds is 5. The number of benzene rings is 2. The maximum atomic E-state index is 11.4. The van der Waals surface area contributed by atoms with Crippen LogP contribution in [0, 0.1) is 0 Å². The first-order valence-electron chi connectivity index (χ1n) is 6.02. The van der Waals surface area contributed by atoms with Crippen molar-refractivity contribution in [3.05, 3.63) is 66.2 Å². The number of Topliss-reactive ketones (excluding diaryl/α,β-unsaturated/α-hetero) is 1. The average molecular weight is 256 g/mol. The standard InChI is InChI=1S/C16H16OS/c1-13(17)12-16(14-8-4-2-5-9-14)18-15-10-6-3-7-11-15/h2-11,16H,12H2,1H3/t16-/m1/s1. The van der Waals surface area contributed by atoms with E-state index in [0.717, 1.165) is 0 Å². The third-order valence-electron chi connectivity index (χ3n) is 2.67. The van der Waals surface area contributed by atoms with Crippen molar-refractivity contribution >= 4 is 17.5 Å². The highest BCUT2D eigenvalue weighted by molar-refractivity contribution is 7.99. The molecule has 0 amide bonds. The lowest BCUT2D eigenvalue weighted by Crippen LogP contribution is -2.00. The fourth-order valence-electron chi connectivity index (χ4n) is 1.82. The summed E-state index contributed by atoms with van der Waals surface area (Å²) in [5, 5.41) is 0.200. The van der Waals surface area contributed by atoms with Crippen molar-refractivity contribution in [1.29, 1.82) is 0 Å². The van der Waals surface area contributed by atoms with E-state index in [4.69, 9.17) is 0 Å². The van der Waals surface area contributed by atoms with Gasteiger partial charge in [-0.05, 0) is 24.6 Å². The van der Waals surface area contributed by atoms with Crippen LogP contribution in [-0.2, 0) is 4.79 Å². The molecule has 1 nitrogen and oxygen atoms in total. The minimum Gasteiger partial charge on any atom is -0.300 e. The molecule has 0 bridgehead atoms. The summed E-state index contributed by atoms with van der Waals surface area (Å²) < 4.78 is 0. The van der Waals surface area contributed by atoms with Crippen LogP contribution in [0.4, 0.5) is 0 Å². The van der Waals surface area contributed by atoms with Crippen molar-refractivity contribution < 1.29 is 4.79 Å². The van der Waals surface area contributed by atoms with Gasteiger partial charge in [-0.2, -0.15) is 0 Å². The zero-order valence-electron chi connectivity index (χ0n) is 10.4. The van der Waals surface area contributed by atoms with Crippen molar-refractivity contribution in [2.24, 2.45) is 0 Å². The van der Waals surface area contributed by atoms with Crippen LogP contribution in [0.5, 0.6) is 0 Å². The van der Waals surface area contributed by atoms with Crippen molar-refractivity contribution in [3.63, 3.8) is 0 Å². The number of thioether (sulfide) groups is 1. The van der Waals surface area contributed by atoms with Crippen LogP contribution in [0.1, 0.15) is 24.2 Å². The summed E-state index contributed by atoms with van der Waals surface area (Å²) in [7, 11) is 0. The molecule has 0 fully saturated rings. The molecule has 0 aliphatic rings. The van der Waals surface area contributed by atoms with Crippen molar-refractivity contribution in [2.45, 2.75) is 23.5 Å². The second-order valence-corrected chi connectivity index (χ2v) is 5.51. The summed E-state index contributed by atoms with van der Waals surface area (Å²) in [6.45, 7) is 1.65. The molecular weight excluding hydrogens is 240 g/mol. The first kappa shape index (κ1) is 12.9. The van der Waals surface area contributed by atoms with E-state index >= 15 is 0 Å². The SMILES string of the molecule is CC(=O)C[C@@H](Sc1ccccc1)c1ccccc1. The first-order valence-corrected chi connectivity index (χ1v) is 6.90. The van der Waals surface area contributed by atoms with E-state index in [1.807, 2.05) is 36.4 Å². The van der Waals surface area contributed by atoms with Crippen LogP contribution in [-0.4, -0.2) is 5.78 Å². The highest BCUT2D eigenvalue weighted by Crippen LogP contribution is 2.37. The summed E-state index contributed by atoms with van der Waals surface area (Å²) in [5.74, 6) is 0.229. The Morgan fingerprint density at radius 1 is 1.00 bits per heavy atom. The molecule has 0 spiro atoms. The summed E-state index contributed by atoms with van der Waals surface area (Å²) in [6, 6.07) is 20.4. The Balaban J connectivity index is 2.18. The lowest BCUT2D eigenvalue weighted by molar-refractivity contribution is -0.117. The zero-order valence-corrected chi connectivity index (χ0v) is 11.2. The summed E-state index contributed by atoms with van der Waals surface area (Å²) in [5.41, 5.74) is 1.21. The summed E-state index contributed by atoms with van der Waals surface area (Å²) >= 11 is 1.75. The Bertz CT molecular complexity index is 493. The van der Waals surface area contributed by atoms with Gasteiger partial charge in [0, 0.05) is 16.6 Å². The molecular formula is C16H16OS. The number of ketones is 1. The zero-order chi connectivity index (χ0) is 12.8. The highest BCUT2D eigenvalue weighted by Gasteiger charge is 2.14. The maximum absolute atomic E-state index is 11.4. The highest BCUT2D eigenvalue weighted by atomic mass is 32.2. The monoisotopic (exact) mass is 256 g/mol. The predicted octanol–water partition coefficient (Wildman–Crippen LogP) is 4.50. The van der Waals surface area contributed by atoms with E-state index in [1.54, 1.807) is 18.7 Å². The Morgan fingerprint density at radius 2 is 1.56 bits per heavy atom. The van der Waals surface area contributed by atoms with Crippen LogP contribution in [0.3, 0.4) is 0 Å². The number of hydrogen-bond acceptors (Lipinski definition) is 2. The third kappa shape index (κ3) is 3.74. The predicted molar refractivity (Wildman–Crippen MR) is 76.8 cm³/mol. The lowest BCUT2D eigenvalue weighted by Gasteiger charge is -2.15. The first-order chi connectivity index (χ1) is 8.75. The van der Waals surface area contributed by atoms with Crippen molar-refractivity contribution in [3.8, 4) is 0 Å². The maximum Gasteiger partial charge on any atom is 0.131 e. The molecule has 0 saturated heterocycles. The molecule has 0 radical (unpaired) electrons. The van der Waals surface area contributed by atoms with Crippen LogP contribution in [0.15, 0.2) is 65.6 Å². The van der Waals surface area contributed by atoms with E-state index in [2.05, 4.69) is 24.3 Å². The van der Waals surface area contributed by atoms with Gasteiger partial charge in [0.25, 0.3) is 0 Å². The number of carbonyl (C=O) groups is 1. The van der Waals surface area contributed by atoms with Gasteiger partial charge in [-0.3, -0.25) is 4.79 Å². The van der Waals surface area contributed by atoms with Gasteiger partial charge >= 0.3 is 0 Å². The van der Waals surface area contributed by atoms with E-state index in [-0.39, 0.29) is 11.0 Å². The normalized spacial score (nSPS) is 12.1. The van der Waals surface area contributed by atoms with Gasteiger partial charge < -0.3 is 0 Å². The Kier molecular flexibility index (Phi) is 4.59. The third-order valence-corrected chi connectivity index (χ3v) is 3.93. The van der Waals surface area contributed by atoms with Gasteiger partial charge in [0.05, 0.1) is 0 Å². The van der Waals surface area contributed by atoms with E-state index in [9.17, 15) is 4.79 Å². The van der Waals surface area contributed by atoms with Crippen molar-refractivity contribution in [1.82, 2.24) is 0 Å². The minimum atomic E-state index is 0.200. The number of carbonyl (C=O) groups excluding carboxylic acids is 1. The van der Waals surface area contributed by atoms with Gasteiger partial charge in [0.1, 0.15) is 5.78 Å². The Hall–Kier alpha value is -1.54. The molecule has 0 aromatic heterocycles. The van der Waals surface area contributed by atoms with Gasteiger partial charge in [-0.25, -0.2) is 0 Å². The van der Waals surface area contributed by atoms with Gasteiger partial charge in [-0.1, -0.05) is 48.5 Å². The smallest absolute Gasteiger partial charge is 0.131 e. The molecule has 0 aliphatic heterocycles. The van der Waals surface area contributed by atoms with E-state index < -0.39 is 0 Å². The second-order valence-electron chi connectivity index (χ2n) is 4.24. The fraction of sp³-hybridized carbons (Fsp3) is 0.188. The van der Waals surface area contributed by atoms with Crippen LogP contribution >= 0.6 is 11.8 Å². The quantitative estimate of drug-likeness (QED) is 0.733. The Morgan fingerprint density at radius 3 is 2.11 bits per heavy atom. The molecule has 92 valence electrons. The molecule has 2 heteroatoms. The minimum absolute atomic E-state index is 0.200. The molecule has 2 aromatic rings. The molecule has 0 unspecified atom stereocenters. The lowest BCUT2D eigenvalue weighted by atomic mass is 10.1. The summed E-state index contributed by atoms with van der Waals surface area (Å²) in [4.78, 5) is 12.6. The fourth-order valence-corrected chi connectivity index (χ4v) is 3.07. The molecule has 2 rings (SSSR count). The largest absolute Gasteiger partial charge is 0.300 e. The molecule has 18 heavy (non-hydrogen) atoms. The topological polar surface area (TPSA) is 17.1 Å². The molecule has 0 aliphatic carbocycles. The molecule has 1 atom stereocenters. The second kappa shape index (κ2) is 6.41.